The predicted molar refractivity (Wildman–Crippen MR) is 118 cm³/mol. The molecule has 0 fully saturated rings. The summed E-state index contributed by atoms with van der Waals surface area (Å²) in [6, 6.07) is 11.4. The van der Waals surface area contributed by atoms with Gasteiger partial charge in [0.1, 0.15) is 5.60 Å². The van der Waals surface area contributed by atoms with Gasteiger partial charge in [-0.25, -0.2) is 9.10 Å². The van der Waals surface area contributed by atoms with Crippen LogP contribution in [-0.2, 0) is 21.5 Å². The van der Waals surface area contributed by atoms with Gasteiger partial charge in [-0.05, 0) is 79.3 Å². The fourth-order valence-corrected chi connectivity index (χ4v) is 4.68. The van der Waals surface area contributed by atoms with Gasteiger partial charge in [-0.2, -0.15) is 8.42 Å². The number of esters is 1. The summed E-state index contributed by atoms with van der Waals surface area (Å²) in [4.78, 5) is 25.0. The second-order valence-corrected chi connectivity index (χ2v) is 10.8. The molecule has 0 atom stereocenters. The number of anilines is 1. The topological polar surface area (TPSA) is 84.0 Å². The monoisotopic (exact) mass is 528 g/mol. The molecule has 0 bridgehead atoms. The van der Waals surface area contributed by atoms with E-state index in [1.165, 1.54) is 7.05 Å². The zero-order valence-electron chi connectivity index (χ0n) is 16.5. The Balaban J connectivity index is 1.88. The molecule has 9 heteroatoms. The molecule has 0 aromatic heterocycles. The van der Waals surface area contributed by atoms with Gasteiger partial charge in [0.05, 0.1) is 23.4 Å². The number of rotatable bonds is 3. The Morgan fingerprint density at radius 3 is 2.31 bits per heavy atom. The van der Waals surface area contributed by atoms with Crippen molar-refractivity contribution in [3.8, 4) is 0 Å². The van der Waals surface area contributed by atoms with E-state index in [4.69, 9.17) is 4.74 Å². The maximum Gasteiger partial charge on any atom is 0.338 e. The molecule has 29 heavy (non-hydrogen) atoms. The molecule has 154 valence electrons. The summed E-state index contributed by atoms with van der Waals surface area (Å²) in [5, 5.41) is 0. The van der Waals surface area contributed by atoms with E-state index < -0.39 is 27.7 Å². The maximum atomic E-state index is 12.9. The average Bonchev–Trinajstić information content (AvgIpc) is 2.63. The van der Waals surface area contributed by atoms with Crippen molar-refractivity contribution in [2.75, 3.05) is 11.4 Å². The van der Waals surface area contributed by atoms with Crippen LogP contribution in [0.3, 0.4) is 0 Å². The van der Waals surface area contributed by atoms with E-state index in [0.717, 1.165) is 12.2 Å². The van der Waals surface area contributed by atoms with E-state index in [9.17, 15) is 18.0 Å². The highest BCUT2D eigenvalue weighted by atomic mass is 127. The Bertz CT molecular complexity index is 1080. The third-order valence-corrected chi connectivity index (χ3v) is 6.71. The van der Waals surface area contributed by atoms with E-state index in [-0.39, 0.29) is 6.54 Å². The Morgan fingerprint density at radius 1 is 1.10 bits per heavy atom. The second-order valence-electron chi connectivity index (χ2n) is 7.65. The minimum Gasteiger partial charge on any atom is -0.456 e. The molecule has 0 saturated heterocycles. The molecule has 3 rings (SSSR count). The highest BCUT2D eigenvalue weighted by Crippen LogP contribution is 2.33. The van der Waals surface area contributed by atoms with Crippen LogP contribution in [0.2, 0.25) is 0 Å². The van der Waals surface area contributed by atoms with Crippen molar-refractivity contribution in [1.29, 1.82) is 0 Å². The number of benzene rings is 2. The number of nitrogens with zero attached hydrogens (tertiary/aromatic N) is 2. The van der Waals surface area contributed by atoms with E-state index in [1.54, 1.807) is 63.2 Å². The second kappa shape index (κ2) is 7.60. The number of ether oxygens (including phenoxy) is 1. The van der Waals surface area contributed by atoms with Crippen LogP contribution in [-0.4, -0.2) is 37.2 Å². The zero-order chi connectivity index (χ0) is 21.6. The molecule has 0 unspecified atom stereocenters. The first-order valence-electron chi connectivity index (χ1n) is 8.83. The van der Waals surface area contributed by atoms with Crippen LogP contribution < -0.4 is 4.31 Å². The summed E-state index contributed by atoms with van der Waals surface area (Å²) >= 11 is 2.08. The summed E-state index contributed by atoms with van der Waals surface area (Å²) in [6.45, 7) is 5.20. The largest absolute Gasteiger partial charge is 0.456 e. The number of hydrogen-bond donors (Lipinski definition) is 0. The maximum absolute atomic E-state index is 12.9. The molecule has 2 aromatic carbocycles. The van der Waals surface area contributed by atoms with Crippen LogP contribution >= 0.6 is 22.6 Å². The van der Waals surface area contributed by atoms with Crippen LogP contribution in [0.4, 0.5) is 5.69 Å². The summed E-state index contributed by atoms with van der Waals surface area (Å²) in [5.41, 5.74) is 1.01. The minimum absolute atomic E-state index is 0.134. The minimum atomic E-state index is -4.00. The summed E-state index contributed by atoms with van der Waals surface area (Å²) in [6.07, 6.45) is 0. The molecule has 0 saturated carbocycles. The average molecular weight is 528 g/mol. The first-order valence-corrected chi connectivity index (χ1v) is 11.3. The molecule has 1 aliphatic rings. The lowest BCUT2D eigenvalue weighted by Gasteiger charge is -2.34. The Morgan fingerprint density at radius 2 is 1.72 bits per heavy atom. The van der Waals surface area contributed by atoms with Gasteiger partial charge in [-0.1, -0.05) is 12.1 Å². The summed E-state index contributed by atoms with van der Waals surface area (Å²) in [7, 11) is -2.58. The van der Waals surface area contributed by atoms with Crippen molar-refractivity contribution in [3.63, 3.8) is 0 Å². The molecular formula is C20H21IN2O5S. The van der Waals surface area contributed by atoms with Crippen LogP contribution in [0, 0.1) is 3.57 Å². The normalized spacial score (nSPS) is 15.8. The SMILES string of the molecule is CN1c2ccc(I)cc2C(=O)N(Cc2ccc(C(=O)OC(C)(C)C)cc2)S1(=O)=O. The first-order chi connectivity index (χ1) is 13.4. The van der Waals surface area contributed by atoms with Crippen LogP contribution in [0.1, 0.15) is 47.1 Å². The van der Waals surface area contributed by atoms with Crippen molar-refractivity contribution in [3.05, 3.63) is 62.7 Å². The van der Waals surface area contributed by atoms with Crippen molar-refractivity contribution in [2.24, 2.45) is 0 Å². The Labute approximate surface area is 184 Å². The van der Waals surface area contributed by atoms with Crippen molar-refractivity contribution in [1.82, 2.24) is 4.31 Å². The molecular weight excluding hydrogens is 507 g/mol. The highest BCUT2D eigenvalue weighted by molar-refractivity contribution is 14.1. The smallest absolute Gasteiger partial charge is 0.338 e. The standard InChI is InChI=1S/C20H21IN2O5S/c1-20(2,3)28-19(25)14-7-5-13(6-8-14)12-23-18(24)16-11-15(21)9-10-17(16)22(4)29(23,26)27/h5-11H,12H2,1-4H3. The van der Waals surface area contributed by atoms with E-state index in [0.29, 0.717) is 22.4 Å². The van der Waals surface area contributed by atoms with Gasteiger partial charge in [-0.15, -0.1) is 0 Å². The molecule has 0 N–H and O–H groups in total. The van der Waals surface area contributed by atoms with Crippen molar-refractivity contribution in [2.45, 2.75) is 32.9 Å². The van der Waals surface area contributed by atoms with Gasteiger partial charge >= 0.3 is 16.2 Å². The van der Waals surface area contributed by atoms with E-state index in [1.807, 2.05) is 0 Å². The number of fused-ring (bicyclic) bond motifs is 1. The van der Waals surface area contributed by atoms with Gasteiger partial charge in [0.25, 0.3) is 5.91 Å². The fourth-order valence-electron chi connectivity index (χ4n) is 2.87. The highest BCUT2D eigenvalue weighted by Gasteiger charge is 2.39. The zero-order valence-corrected chi connectivity index (χ0v) is 19.4. The lowest BCUT2D eigenvalue weighted by Crippen LogP contribution is -2.49. The van der Waals surface area contributed by atoms with Gasteiger partial charge in [0.2, 0.25) is 0 Å². The lowest BCUT2D eigenvalue weighted by molar-refractivity contribution is 0.00693. The molecule has 1 heterocycles. The van der Waals surface area contributed by atoms with Gasteiger partial charge in [0, 0.05) is 10.6 Å². The third-order valence-electron chi connectivity index (χ3n) is 4.29. The van der Waals surface area contributed by atoms with E-state index >= 15 is 0 Å². The molecule has 0 spiro atoms. The number of hydrogen-bond acceptors (Lipinski definition) is 5. The number of carbonyl (C=O) groups is 2. The van der Waals surface area contributed by atoms with Crippen molar-refractivity contribution < 1.29 is 22.7 Å². The molecule has 1 amide bonds. The summed E-state index contributed by atoms with van der Waals surface area (Å²) in [5.74, 6) is -1.04. The first kappa shape index (κ1) is 21.6. The number of amides is 1. The molecule has 0 aliphatic carbocycles. The predicted octanol–water partition coefficient (Wildman–Crippen LogP) is 3.58. The van der Waals surface area contributed by atoms with Gasteiger partial charge in [-0.3, -0.25) is 9.10 Å². The van der Waals surface area contributed by atoms with Gasteiger partial charge < -0.3 is 4.74 Å². The number of halogens is 1. The van der Waals surface area contributed by atoms with Crippen LogP contribution in [0.15, 0.2) is 42.5 Å². The van der Waals surface area contributed by atoms with Crippen LogP contribution in [0.25, 0.3) is 0 Å². The molecule has 7 nitrogen and oxygen atoms in total. The molecule has 1 aliphatic heterocycles. The Hall–Kier alpha value is -2.14. The van der Waals surface area contributed by atoms with E-state index in [2.05, 4.69) is 22.6 Å². The lowest BCUT2D eigenvalue weighted by atomic mass is 10.1. The van der Waals surface area contributed by atoms with Gasteiger partial charge in [0.15, 0.2) is 0 Å². The van der Waals surface area contributed by atoms with Crippen LogP contribution in [0.5, 0.6) is 0 Å². The quantitative estimate of drug-likeness (QED) is 0.450. The summed E-state index contributed by atoms with van der Waals surface area (Å²) < 4.78 is 33.8. The number of carbonyl (C=O) groups excluding carboxylic acids is 2. The molecule has 0 radical (unpaired) electrons. The van der Waals surface area contributed by atoms with Crippen molar-refractivity contribution >= 4 is 50.4 Å². The fraction of sp³-hybridized carbons (Fsp3) is 0.300. The molecule has 2 aromatic rings. The Kier molecular flexibility index (Phi) is 5.65. The third kappa shape index (κ3) is 4.40.